The van der Waals surface area contributed by atoms with Crippen molar-refractivity contribution < 1.29 is 9.47 Å². The molecule has 0 aromatic heterocycles. The van der Waals surface area contributed by atoms with Gasteiger partial charge in [0.2, 0.25) is 0 Å². The SMILES string of the molecule is CCN1CCN(C(C)CNC(=NC)Nc2ccc(OC)c(OC)c2)CC1.I. The van der Waals surface area contributed by atoms with Crippen LogP contribution in [0.4, 0.5) is 5.69 Å². The first-order chi connectivity index (χ1) is 12.6. The minimum atomic E-state index is 0. The fourth-order valence-corrected chi connectivity index (χ4v) is 3.12. The summed E-state index contributed by atoms with van der Waals surface area (Å²) in [4.78, 5) is 9.34. The summed E-state index contributed by atoms with van der Waals surface area (Å²) >= 11 is 0. The molecule has 1 aliphatic heterocycles. The van der Waals surface area contributed by atoms with Crippen LogP contribution in [0.2, 0.25) is 0 Å². The number of anilines is 1. The summed E-state index contributed by atoms with van der Waals surface area (Å²) in [6.45, 7) is 11.0. The molecule has 0 radical (unpaired) electrons. The first kappa shape index (κ1) is 23.8. The highest BCUT2D eigenvalue weighted by molar-refractivity contribution is 14.0. The number of hydrogen-bond donors (Lipinski definition) is 2. The molecule has 1 aromatic rings. The van der Waals surface area contributed by atoms with Crippen LogP contribution in [0.25, 0.3) is 0 Å². The number of rotatable bonds is 7. The molecule has 0 amide bonds. The minimum Gasteiger partial charge on any atom is -0.493 e. The first-order valence-electron chi connectivity index (χ1n) is 9.27. The van der Waals surface area contributed by atoms with Crippen LogP contribution >= 0.6 is 24.0 Å². The summed E-state index contributed by atoms with van der Waals surface area (Å²) in [7, 11) is 5.04. The number of aliphatic imine (C=N–C) groups is 1. The Morgan fingerprint density at radius 3 is 2.37 bits per heavy atom. The number of halogens is 1. The Morgan fingerprint density at radius 2 is 1.81 bits per heavy atom. The minimum absolute atomic E-state index is 0. The van der Waals surface area contributed by atoms with Crippen LogP contribution in [0.15, 0.2) is 23.2 Å². The van der Waals surface area contributed by atoms with Crippen molar-refractivity contribution in [1.29, 1.82) is 0 Å². The zero-order chi connectivity index (χ0) is 18.9. The lowest BCUT2D eigenvalue weighted by Crippen LogP contribution is -2.52. The van der Waals surface area contributed by atoms with Crippen molar-refractivity contribution in [1.82, 2.24) is 15.1 Å². The summed E-state index contributed by atoms with van der Waals surface area (Å²) in [6, 6.07) is 6.18. The zero-order valence-electron chi connectivity index (χ0n) is 17.1. The van der Waals surface area contributed by atoms with Gasteiger partial charge in [-0.05, 0) is 25.6 Å². The number of likely N-dealkylation sites (N-methyl/N-ethyl adjacent to an activating group) is 1. The van der Waals surface area contributed by atoms with Gasteiger partial charge >= 0.3 is 0 Å². The van der Waals surface area contributed by atoms with Gasteiger partial charge in [-0.25, -0.2) is 0 Å². The molecule has 1 saturated heterocycles. The molecule has 1 unspecified atom stereocenters. The van der Waals surface area contributed by atoms with Crippen LogP contribution in [-0.2, 0) is 0 Å². The van der Waals surface area contributed by atoms with E-state index >= 15 is 0 Å². The maximum absolute atomic E-state index is 5.35. The van der Waals surface area contributed by atoms with E-state index in [1.54, 1.807) is 21.3 Å². The van der Waals surface area contributed by atoms with Crippen molar-refractivity contribution in [2.24, 2.45) is 4.99 Å². The van der Waals surface area contributed by atoms with E-state index in [2.05, 4.69) is 39.3 Å². The van der Waals surface area contributed by atoms with Gasteiger partial charge in [-0.3, -0.25) is 9.89 Å². The number of piperazine rings is 1. The van der Waals surface area contributed by atoms with Crippen LogP contribution in [0.5, 0.6) is 11.5 Å². The molecule has 2 rings (SSSR count). The van der Waals surface area contributed by atoms with Crippen molar-refractivity contribution >= 4 is 35.6 Å². The maximum Gasteiger partial charge on any atom is 0.195 e. The van der Waals surface area contributed by atoms with E-state index in [0.29, 0.717) is 17.5 Å². The topological polar surface area (TPSA) is 61.4 Å². The standard InChI is InChI=1S/C19H33N5O2.HI/c1-6-23-9-11-24(12-10-23)15(2)14-21-19(20-3)22-16-7-8-17(25-4)18(13-16)26-5;/h7-8,13,15H,6,9-12,14H2,1-5H3,(H2,20,21,22);1H. The summed E-state index contributed by atoms with van der Waals surface area (Å²) in [5, 5.41) is 6.72. The first-order valence-corrected chi connectivity index (χ1v) is 9.27. The second kappa shape index (κ2) is 12.2. The summed E-state index contributed by atoms with van der Waals surface area (Å²) in [5.41, 5.74) is 0.903. The molecule has 27 heavy (non-hydrogen) atoms. The normalized spacial score (nSPS) is 17.0. The van der Waals surface area contributed by atoms with Crippen LogP contribution in [-0.4, -0.2) is 82.3 Å². The van der Waals surface area contributed by atoms with Crippen molar-refractivity contribution in [3.8, 4) is 11.5 Å². The Hall–Kier alpha value is -1.26. The molecule has 154 valence electrons. The van der Waals surface area contributed by atoms with Crippen LogP contribution in [0, 0.1) is 0 Å². The van der Waals surface area contributed by atoms with E-state index in [9.17, 15) is 0 Å². The molecular formula is C19H34IN5O2. The Labute approximate surface area is 180 Å². The van der Waals surface area contributed by atoms with Crippen molar-refractivity contribution in [2.45, 2.75) is 19.9 Å². The molecule has 8 heteroatoms. The van der Waals surface area contributed by atoms with E-state index in [1.807, 2.05) is 18.2 Å². The fraction of sp³-hybridized carbons (Fsp3) is 0.632. The van der Waals surface area contributed by atoms with Gasteiger partial charge < -0.3 is 25.0 Å². The third-order valence-electron chi connectivity index (χ3n) is 4.91. The molecule has 2 N–H and O–H groups in total. The van der Waals surface area contributed by atoms with Gasteiger partial charge in [0.05, 0.1) is 14.2 Å². The Morgan fingerprint density at radius 1 is 1.15 bits per heavy atom. The van der Waals surface area contributed by atoms with Crippen LogP contribution in [0.1, 0.15) is 13.8 Å². The average molecular weight is 491 g/mol. The van der Waals surface area contributed by atoms with Gasteiger partial charge in [0.15, 0.2) is 17.5 Å². The van der Waals surface area contributed by atoms with E-state index in [-0.39, 0.29) is 24.0 Å². The summed E-state index contributed by atoms with van der Waals surface area (Å²) in [5.74, 6) is 2.15. The largest absolute Gasteiger partial charge is 0.493 e. The molecule has 0 bridgehead atoms. The Balaban J connectivity index is 0.00000364. The van der Waals surface area contributed by atoms with Gasteiger partial charge in [0, 0.05) is 57.6 Å². The van der Waals surface area contributed by atoms with Gasteiger partial charge in [0.1, 0.15) is 0 Å². The monoisotopic (exact) mass is 491 g/mol. The second-order valence-electron chi connectivity index (χ2n) is 6.47. The third kappa shape index (κ3) is 7.00. The number of nitrogens with one attached hydrogen (secondary N) is 2. The molecule has 1 aliphatic rings. The van der Waals surface area contributed by atoms with Crippen LogP contribution in [0.3, 0.4) is 0 Å². The number of guanidine groups is 1. The molecule has 0 aliphatic carbocycles. The number of methoxy groups -OCH3 is 2. The number of nitrogens with zero attached hydrogens (tertiary/aromatic N) is 3. The quantitative estimate of drug-likeness (QED) is 0.347. The summed E-state index contributed by atoms with van der Waals surface area (Å²) in [6.07, 6.45) is 0. The highest BCUT2D eigenvalue weighted by Gasteiger charge is 2.20. The van der Waals surface area contributed by atoms with Crippen molar-refractivity contribution in [3.05, 3.63) is 18.2 Å². The lowest BCUT2D eigenvalue weighted by molar-refractivity contribution is 0.107. The summed E-state index contributed by atoms with van der Waals surface area (Å²) < 4.78 is 10.6. The second-order valence-corrected chi connectivity index (χ2v) is 6.47. The van der Waals surface area contributed by atoms with Gasteiger partial charge in [-0.1, -0.05) is 6.92 Å². The molecule has 1 heterocycles. The highest BCUT2D eigenvalue weighted by Crippen LogP contribution is 2.29. The van der Waals surface area contributed by atoms with E-state index in [0.717, 1.165) is 50.9 Å². The van der Waals surface area contributed by atoms with Crippen LogP contribution < -0.4 is 20.1 Å². The van der Waals surface area contributed by atoms with Gasteiger partial charge in [0.25, 0.3) is 0 Å². The Bertz CT molecular complexity index is 591. The van der Waals surface area contributed by atoms with Crippen molar-refractivity contribution in [3.63, 3.8) is 0 Å². The van der Waals surface area contributed by atoms with E-state index in [1.165, 1.54) is 0 Å². The van der Waals surface area contributed by atoms with E-state index in [4.69, 9.17) is 9.47 Å². The highest BCUT2D eigenvalue weighted by atomic mass is 127. The molecule has 1 atom stereocenters. The van der Waals surface area contributed by atoms with E-state index < -0.39 is 0 Å². The smallest absolute Gasteiger partial charge is 0.195 e. The van der Waals surface area contributed by atoms with Gasteiger partial charge in [-0.15, -0.1) is 24.0 Å². The molecule has 7 nitrogen and oxygen atoms in total. The third-order valence-corrected chi connectivity index (χ3v) is 4.91. The predicted octanol–water partition coefficient (Wildman–Crippen LogP) is 2.34. The zero-order valence-corrected chi connectivity index (χ0v) is 19.4. The number of benzene rings is 1. The van der Waals surface area contributed by atoms with Crippen molar-refractivity contribution in [2.75, 3.05) is 65.9 Å². The lowest BCUT2D eigenvalue weighted by Gasteiger charge is -2.37. The molecule has 1 fully saturated rings. The molecule has 1 aromatic carbocycles. The number of hydrogen-bond acceptors (Lipinski definition) is 5. The maximum atomic E-state index is 5.35. The Kier molecular flexibility index (Phi) is 10.8. The molecular weight excluding hydrogens is 457 g/mol. The predicted molar refractivity (Wildman–Crippen MR) is 123 cm³/mol. The molecule has 0 spiro atoms. The lowest BCUT2D eigenvalue weighted by atomic mass is 10.2. The fourth-order valence-electron chi connectivity index (χ4n) is 3.12. The molecule has 0 saturated carbocycles. The average Bonchev–Trinajstić information content (AvgIpc) is 2.70. The number of ether oxygens (including phenoxy) is 2. The van der Waals surface area contributed by atoms with Gasteiger partial charge in [-0.2, -0.15) is 0 Å².